The van der Waals surface area contributed by atoms with Crippen LogP contribution in [0.3, 0.4) is 0 Å². The van der Waals surface area contributed by atoms with Gasteiger partial charge in [0, 0.05) is 13.2 Å². The number of nitrogen functional groups attached to an aromatic ring is 1. The number of hydrogen-bond donors (Lipinski definition) is 3. The average molecular weight is 234 g/mol. The van der Waals surface area contributed by atoms with Crippen LogP contribution in [-0.4, -0.2) is 19.7 Å². The number of rotatable bonds is 4. The highest BCUT2D eigenvalue weighted by Crippen LogP contribution is 2.27. The standard InChI is InChI=1S/C11H18N6/c1-7(2)10-9(12)11(17(3)16-10)14-5-8-4-13-6-15-8/h4,6-7,14H,5,12H2,1-3H3,(H,13,15). The highest BCUT2D eigenvalue weighted by Gasteiger charge is 2.15. The first-order valence-corrected chi connectivity index (χ1v) is 5.63. The van der Waals surface area contributed by atoms with Gasteiger partial charge >= 0.3 is 0 Å². The molecule has 6 nitrogen and oxygen atoms in total. The van der Waals surface area contributed by atoms with Crippen LogP contribution in [0.4, 0.5) is 11.5 Å². The number of imidazole rings is 1. The lowest BCUT2D eigenvalue weighted by Crippen LogP contribution is -2.06. The van der Waals surface area contributed by atoms with E-state index in [1.807, 2.05) is 7.05 Å². The Bertz CT molecular complexity index is 482. The van der Waals surface area contributed by atoms with Gasteiger partial charge in [0.25, 0.3) is 0 Å². The maximum atomic E-state index is 6.07. The first-order valence-electron chi connectivity index (χ1n) is 5.63. The van der Waals surface area contributed by atoms with Gasteiger partial charge in [-0.05, 0) is 5.92 Å². The fourth-order valence-electron chi connectivity index (χ4n) is 1.76. The molecule has 0 aliphatic carbocycles. The third-order valence-corrected chi connectivity index (χ3v) is 2.66. The topological polar surface area (TPSA) is 84.5 Å². The predicted octanol–water partition coefficient (Wildman–Crippen LogP) is 1.46. The molecule has 0 amide bonds. The Kier molecular flexibility index (Phi) is 3.03. The maximum Gasteiger partial charge on any atom is 0.148 e. The van der Waals surface area contributed by atoms with Gasteiger partial charge in [-0.1, -0.05) is 13.8 Å². The molecule has 2 heterocycles. The Morgan fingerprint density at radius 3 is 2.82 bits per heavy atom. The van der Waals surface area contributed by atoms with Gasteiger partial charge in [-0.3, -0.25) is 4.68 Å². The van der Waals surface area contributed by atoms with Crippen LogP contribution in [-0.2, 0) is 13.6 Å². The molecule has 0 saturated heterocycles. The number of aryl methyl sites for hydroxylation is 1. The first-order chi connectivity index (χ1) is 8.09. The smallest absolute Gasteiger partial charge is 0.148 e. The van der Waals surface area contributed by atoms with Crippen molar-refractivity contribution < 1.29 is 0 Å². The molecular weight excluding hydrogens is 216 g/mol. The van der Waals surface area contributed by atoms with E-state index in [0.717, 1.165) is 22.9 Å². The average Bonchev–Trinajstić information content (AvgIpc) is 2.86. The Hall–Kier alpha value is -1.98. The molecule has 0 radical (unpaired) electrons. The molecule has 17 heavy (non-hydrogen) atoms. The highest BCUT2D eigenvalue weighted by atomic mass is 15.3. The zero-order valence-electron chi connectivity index (χ0n) is 10.4. The van der Waals surface area contributed by atoms with Crippen molar-refractivity contribution >= 4 is 11.5 Å². The van der Waals surface area contributed by atoms with Gasteiger partial charge < -0.3 is 16.0 Å². The van der Waals surface area contributed by atoms with Gasteiger partial charge in [0.05, 0.1) is 29.9 Å². The third-order valence-electron chi connectivity index (χ3n) is 2.66. The summed E-state index contributed by atoms with van der Waals surface area (Å²) < 4.78 is 1.78. The van der Waals surface area contributed by atoms with Crippen LogP contribution >= 0.6 is 0 Å². The second-order valence-electron chi connectivity index (χ2n) is 4.36. The van der Waals surface area contributed by atoms with Gasteiger partial charge in [0.1, 0.15) is 5.82 Å². The quantitative estimate of drug-likeness (QED) is 0.747. The van der Waals surface area contributed by atoms with Crippen molar-refractivity contribution in [1.29, 1.82) is 0 Å². The van der Waals surface area contributed by atoms with E-state index in [9.17, 15) is 0 Å². The molecule has 0 aliphatic heterocycles. The van der Waals surface area contributed by atoms with Crippen molar-refractivity contribution in [3.05, 3.63) is 23.9 Å². The predicted molar refractivity (Wildman–Crippen MR) is 67.6 cm³/mol. The summed E-state index contributed by atoms with van der Waals surface area (Å²) in [6.45, 7) is 4.82. The monoisotopic (exact) mass is 234 g/mol. The molecule has 2 rings (SSSR count). The Morgan fingerprint density at radius 2 is 2.29 bits per heavy atom. The van der Waals surface area contributed by atoms with Crippen molar-refractivity contribution in [2.75, 3.05) is 11.1 Å². The molecule has 0 aliphatic rings. The normalized spacial score (nSPS) is 11.1. The van der Waals surface area contributed by atoms with Crippen LogP contribution in [0, 0.1) is 0 Å². The first kappa shape index (κ1) is 11.5. The van der Waals surface area contributed by atoms with Crippen LogP contribution in [0.15, 0.2) is 12.5 Å². The molecule has 4 N–H and O–H groups in total. The lowest BCUT2D eigenvalue weighted by atomic mass is 10.1. The van der Waals surface area contributed by atoms with Gasteiger partial charge in [0.15, 0.2) is 0 Å². The summed E-state index contributed by atoms with van der Waals surface area (Å²) in [7, 11) is 1.89. The van der Waals surface area contributed by atoms with Crippen molar-refractivity contribution in [3.8, 4) is 0 Å². The largest absolute Gasteiger partial charge is 0.394 e. The molecule has 0 spiro atoms. The van der Waals surface area contributed by atoms with Crippen LogP contribution < -0.4 is 11.1 Å². The second kappa shape index (κ2) is 4.48. The molecule has 2 aromatic rings. The fourth-order valence-corrected chi connectivity index (χ4v) is 1.76. The van der Waals surface area contributed by atoms with Crippen molar-refractivity contribution in [3.63, 3.8) is 0 Å². The SMILES string of the molecule is CC(C)c1nn(C)c(NCc2cnc[nH]2)c1N. The van der Waals surface area contributed by atoms with Crippen LogP contribution in [0.1, 0.15) is 31.2 Å². The highest BCUT2D eigenvalue weighted by molar-refractivity contribution is 5.65. The minimum absolute atomic E-state index is 0.323. The van der Waals surface area contributed by atoms with Gasteiger partial charge in [-0.15, -0.1) is 0 Å². The number of nitrogens with zero attached hydrogens (tertiary/aromatic N) is 3. The van der Waals surface area contributed by atoms with E-state index < -0.39 is 0 Å². The summed E-state index contributed by atoms with van der Waals surface area (Å²) in [6, 6.07) is 0. The molecule has 6 heteroatoms. The number of aromatic amines is 1. The zero-order valence-corrected chi connectivity index (χ0v) is 10.4. The molecule has 92 valence electrons. The lowest BCUT2D eigenvalue weighted by Gasteiger charge is -2.06. The van der Waals surface area contributed by atoms with E-state index in [1.54, 1.807) is 17.2 Å². The summed E-state index contributed by atoms with van der Waals surface area (Å²) in [5, 5.41) is 7.68. The molecule has 0 unspecified atom stereocenters. The van der Waals surface area contributed by atoms with Crippen LogP contribution in [0.2, 0.25) is 0 Å². The number of aromatic nitrogens is 4. The Labute approximate surface area is 100 Å². The number of nitrogens with one attached hydrogen (secondary N) is 2. The molecule has 2 aromatic heterocycles. The summed E-state index contributed by atoms with van der Waals surface area (Å²) in [6.07, 6.45) is 3.44. The minimum Gasteiger partial charge on any atom is -0.394 e. The van der Waals surface area contributed by atoms with E-state index >= 15 is 0 Å². The summed E-state index contributed by atoms with van der Waals surface area (Å²) in [5.74, 6) is 1.17. The van der Waals surface area contributed by atoms with Crippen molar-refractivity contribution in [1.82, 2.24) is 19.7 Å². The fraction of sp³-hybridized carbons (Fsp3) is 0.455. The molecular formula is C11H18N6. The van der Waals surface area contributed by atoms with Gasteiger partial charge in [0.2, 0.25) is 0 Å². The molecule has 0 bridgehead atoms. The van der Waals surface area contributed by atoms with E-state index in [4.69, 9.17) is 5.73 Å². The third kappa shape index (κ3) is 2.25. The van der Waals surface area contributed by atoms with Crippen LogP contribution in [0.25, 0.3) is 0 Å². The lowest BCUT2D eigenvalue weighted by molar-refractivity contribution is 0.714. The van der Waals surface area contributed by atoms with Gasteiger partial charge in [-0.2, -0.15) is 5.10 Å². The van der Waals surface area contributed by atoms with E-state index in [2.05, 4.69) is 34.2 Å². The van der Waals surface area contributed by atoms with E-state index in [-0.39, 0.29) is 0 Å². The summed E-state index contributed by atoms with van der Waals surface area (Å²) in [5.41, 5.74) is 8.74. The van der Waals surface area contributed by atoms with Crippen molar-refractivity contribution in [2.24, 2.45) is 7.05 Å². The molecule has 0 fully saturated rings. The zero-order chi connectivity index (χ0) is 12.4. The number of H-pyrrole nitrogens is 1. The van der Waals surface area contributed by atoms with E-state index in [1.165, 1.54) is 0 Å². The Morgan fingerprint density at radius 1 is 1.53 bits per heavy atom. The molecule has 0 atom stereocenters. The number of nitrogens with two attached hydrogens (primary N) is 1. The van der Waals surface area contributed by atoms with Crippen molar-refractivity contribution in [2.45, 2.75) is 26.3 Å². The van der Waals surface area contributed by atoms with Gasteiger partial charge in [-0.25, -0.2) is 4.98 Å². The minimum atomic E-state index is 0.323. The maximum absolute atomic E-state index is 6.07. The van der Waals surface area contributed by atoms with E-state index in [0.29, 0.717) is 12.5 Å². The second-order valence-corrected chi connectivity index (χ2v) is 4.36. The summed E-state index contributed by atoms with van der Waals surface area (Å²) >= 11 is 0. The van der Waals surface area contributed by atoms with Crippen LogP contribution in [0.5, 0.6) is 0 Å². The molecule has 0 saturated carbocycles. The Balaban J connectivity index is 2.15. The number of hydrogen-bond acceptors (Lipinski definition) is 4. The summed E-state index contributed by atoms with van der Waals surface area (Å²) in [4.78, 5) is 7.00. The molecule has 0 aromatic carbocycles. The number of anilines is 2.